The molecule has 0 unspecified atom stereocenters. The molecule has 3 aromatic heterocycles. The maximum Gasteiger partial charge on any atom is 0.0772 e. The minimum absolute atomic E-state index is 0. The Kier molecular flexibility index (Phi) is 35.6. The first-order valence-corrected chi connectivity index (χ1v) is 52.3. The second-order valence-electron chi connectivity index (χ2n) is 40.7. The number of hydrogen-bond acceptors (Lipinski definition) is 3. The molecule has 0 aliphatic heterocycles. The molecule has 21 aromatic rings. The van der Waals surface area contributed by atoms with Crippen LogP contribution >= 0.6 is 0 Å². The molecule has 0 N–H and O–H groups in total. The normalized spacial score (nSPS) is 11.1. The van der Waals surface area contributed by atoms with Gasteiger partial charge >= 0.3 is 0 Å². The molecule has 150 heavy (non-hydrogen) atoms. The van der Waals surface area contributed by atoms with Gasteiger partial charge in [0.25, 0.3) is 0 Å². The maximum atomic E-state index is 5.42. The van der Waals surface area contributed by atoms with E-state index in [1.54, 1.807) is 0 Å². The predicted octanol–water partition coefficient (Wildman–Crippen LogP) is 38.3. The molecule has 0 spiro atoms. The molecule has 3 heterocycles. The monoisotopic (exact) mass is 2480 g/mol. The number of para-hydroxylation sites is 2. The largest absolute Gasteiger partial charge is 0.339 e. The van der Waals surface area contributed by atoms with Gasteiger partial charge in [0, 0.05) is 113 Å². The zero-order valence-corrected chi connectivity index (χ0v) is 95.8. The van der Waals surface area contributed by atoms with Crippen molar-refractivity contribution in [2.24, 2.45) is 0 Å². The van der Waals surface area contributed by atoms with Crippen LogP contribution in [0.1, 0.15) is 173 Å². The molecule has 0 aliphatic carbocycles. The fraction of sp³-hybridized carbons (Fsp3) is 0.170. The van der Waals surface area contributed by atoms with E-state index in [0.717, 1.165) is 122 Å². The van der Waals surface area contributed by atoms with Gasteiger partial charge in [0.05, 0.1) is 34.6 Å². The van der Waals surface area contributed by atoms with Crippen LogP contribution in [0.4, 0.5) is 0 Å². The molecule has 0 atom stereocenters. The molecule has 0 amide bonds. The molecule has 0 fully saturated rings. The van der Waals surface area contributed by atoms with Crippen molar-refractivity contribution in [1.82, 2.24) is 28.7 Å². The standard InChI is InChI=1S/3C47H43N2.3Ir/c1-31(2)43-21-14-22-44(32(3)4)46(43)49-30-45(42-24-33(5)23-34(6)25-42)48-47(49)38-20-13-19-37(26-38)41-28-39(35-15-9-7-10-16-35)27-40(29-41)36-17-11-8-12-18-36;1-31(2)43-28-41(36-17-11-8-12-18-36)29-44(32(3)4)46(43)49-30-45(42-24-33(5)23-34(6)25-42)48-47(49)40-22-14-21-39(27-40)38-20-13-19-37(26-38)35-15-9-7-10-16-35;1-5-12-35-20-24-37(25-21-35)42-29-43(38-26-22-36(13-6-2)23-27-38)31-44(30-42)40-18-11-19-41(28-40)47-48-45(39-16-8-7-9-17-39)32-49(47)46-33(3)14-10-15-34(46)4;;;/h7-19,21-32H,1-6H3;7-21,23-32H,1-6H3;7-11,14-18,20-32H,5-6,12-13H2,1-4H3;;;/q3*-1;;;. The minimum Gasteiger partial charge on any atom is -0.339 e. The number of aromatic nitrogens is 6. The summed E-state index contributed by atoms with van der Waals surface area (Å²) in [6.45, 7) is 35.7. The Morgan fingerprint density at radius 2 is 0.460 bits per heavy atom. The molecule has 6 nitrogen and oxygen atoms in total. The van der Waals surface area contributed by atoms with Crippen LogP contribution in [0, 0.1) is 59.7 Å². The number of rotatable bonds is 26. The van der Waals surface area contributed by atoms with Gasteiger partial charge in [0.2, 0.25) is 0 Å². The summed E-state index contributed by atoms with van der Waals surface area (Å²) in [5, 5.41) is 0. The van der Waals surface area contributed by atoms with Gasteiger partial charge in [-0.25, -0.2) is 0 Å². The van der Waals surface area contributed by atoms with E-state index in [0.29, 0.717) is 23.7 Å². The van der Waals surface area contributed by atoms with E-state index in [4.69, 9.17) is 15.0 Å². The molecule has 21 rings (SSSR count). The summed E-state index contributed by atoms with van der Waals surface area (Å²) in [6.07, 6.45) is 11.1. The van der Waals surface area contributed by atoms with Gasteiger partial charge < -0.3 is 13.7 Å². The predicted molar refractivity (Wildman–Crippen MR) is 622 cm³/mol. The summed E-state index contributed by atoms with van der Waals surface area (Å²) in [5.74, 6) is 3.97. The smallest absolute Gasteiger partial charge is 0.0772 e. The molecule has 753 valence electrons. The number of imidazole rings is 3. The Balaban J connectivity index is 0.000000159. The first kappa shape index (κ1) is 108. The third kappa shape index (κ3) is 24.8. The van der Waals surface area contributed by atoms with Crippen molar-refractivity contribution < 1.29 is 60.3 Å². The van der Waals surface area contributed by atoms with Crippen molar-refractivity contribution in [3.05, 3.63) is 504 Å². The summed E-state index contributed by atoms with van der Waals surface area (Å²) < 4.78 is 6.94. The van der Waals surface area contributed by atoms with Gasteiger partial charge in [-0.05, 0) is 285 Å². The topological polar surface area (TPSA) is 53.5 Å². The molecule has 0 aliphatic rings. The van der Waals surface area contributed by atoms with Crippen LogP contribution in [0.3, 0.4) is 0 Å². The average Bonchev–Trinajstić information content (AvgIpc) is 1.19. The first-order chi connectivity index (χ1) is 71.5. The van der Waals surface area contributed by atoms with Crippen molar-refractivity contribution >= 4 is 0 Å². The fourth-order valence-electron chi connectivity index (χ4n) is 20.8. The molecule has 0 bridgehead atoms. The van der Waals surface area contributed by atoms with E-state index < -0.39 is 0 Å². The second-order valence-corrected chi connectivity index (χ2v) is 40.7. The SMILES string of the molecule is CCCc1ccc(-c2cc(-c3ccc(CCC)cc3)cc(-c3cc[c-]c(-c4nc(-c5ccccc5)cn4-c4c(C)cccc4C)c3)c2)cc1.Cc1cc(C)cc(-c2cn(-c3c(C(C)C)cc(-c4ccccc4)cc3C(C)C)c(-c3[c-]ccc(-c4cccc(-c5ccccc5)c4)c3)n2)c1.Cc1cc(C)cc(-c2cn(-c3c(C(C)C)cccc3C(C)C)c(-c3[c-]ccc(-c4cc(-c5ccccc5)cc(-c5ccccc5)c4)c3)n2)c1.[Ir].[Ir].[Ir]. The molecule has 0 saturated carbocycles. The van der Waals surface area contributed by atoms with E-state index in [1.165, 1.54) is 156 Å². The van der Waals surface area contributed by atoms with E-state index >= 15 is 0 Å². The zero-order valence-electron chi connectivity index (χ0n) is 88.7. The van der Waals surface area contributed by atoms with Gasteiger partial charge in [-0.15, -0.1) is 106 Å². The molecule has 0 saturated heterocycles. The van der Waals surface area contributed by atoms with E-state index in [-0.39, 0.29) is 60.3 Å². The maximum absolute atomic E-state index is 5.42. The minimum atomic E-state index is 0. The summed E-state index contributed by atoms with van der Waals surface area (Å²) >= 11 is 0. The summed E-state index contributed by atoms with van der Waals surface area (Å²) in [4.78, 5) is 16.1. The van der Waals surface area contributed by atoms with E-state index in [2.05, 4.69) is 543 Å². The van der Waals surface area contributed by atoms with Gasteiger partial charge in [0.1, 0.15) is 0 Å². The number of hydrogen-bond donors (Lipinski definition) is 0. The van der Waals surface area contributed by atoms with Gasteiger partial charge in [0.15, 0.2) is 0 Å². The summed E-state index contributed by atoms with van der Waals surface area (Å²) in [5.41, 5.74) is 49.5. The molecular weight excluding hydrogens is 2350 g/mol. The number of benzene rings is 18. The third-order valence-corrected chi connectivity index (χ3v) is 28.1. The van der Waals surface area contributed by atoms with Crippen LogP contribution < -0.4 is 0 Å². The van der Waals surface area contributed by atoms with Gasteiger partial charge in [-0.1, -0.05) is 371 Å². The Morgan fingerprint density at radius 1 is 0.213 bits per heavy atom. The Bertz CT molecular complexity index is 7970. The van der Waals surface area contributed by atoms with Crippen LogP contribution in [0.5, 0.6) is 0 Å². The second kappa shape index (κ2) is 49.3. The molecule has 18 aromatic carbocycles. The molecular formula is C141H129Ir3N6-3. The van der Waals surface area contributed by atoms with Crippen molar-refractivity contribution in [2.75, 3.05) is 0 Å². The van der Waals surface area contributed by atoms with Crippen LogP contribution in [-0.4, -0.2) is 28.7 Å². The van der Waals surface area contributed by atoms with E-state index in [9.17, 15) is 0 Å². The van der Waals surface area contributed by atoms with Gasteiger partial charge in [-0.2, -0.15) is 0 Å². The van der Waals surface area contributed by atoms with Crippen molar-refractivity contribution in [1.29, 1.82) is 0 Å². The average molecular weight is 2480 g/mol. The number of aryl methyl sites for hydroxylation is 8. The first-order valence-electron chi connectivity index (χ1n) is 52.3. The van der Waals surface area contributed by atoms with Crippen LogP contribution in [0.25, 0.3) is 185 Å². The van der Waals surface area contributed by atoms with Gasteiger partial charge in [-0.3, -0.25) is 15.0 Å². The summed E-state index contributed by atoms with van der Waals surface area (Å²) in [6, 6.07) is 155. The van der Waals surface area contributed by atoms with Crippen LogP contribution in [-0.2, 0) is 73.2 Å². The Hall–Kier alpha value is -14.5. The van der Waals surface area contributed by atoms with Crippen molar-refractivity contribution in [3.8, 4) is 185 Å². The summed E-state index contributed by atoms with van der Waals surface area (Å²) in [7, 11) is 0. The van der Waals surface area contributed by atoms with Crippen LogP contribution in [0.15, 0.2) is 419 Å². The van der Waals surface area contributed by atoms with Crippen molar-refractivity contribution in [3.63, 3.8) is 0 Å². The third-order valence-electron chi connectivity index (χ3n) is 28.1. The molecule has 9 heteroatoms. The van der Waals surface area contributed by atoms with Crippen LogP contribution in [0.2, 0.25) is 0 Å². The van der Waals surface area contributed by atoms with Crippen molar-refractivity contribution in [2.45, 2.75) is 160 Å². The number of nitrogens with zero attached hydrogens (tertiary/aromatic N) is 6. The fourth-order valence-corrected chi connectivity index (χ4v) is 20.8. The van der Waals surface area contributed by atoms with E-state index in [1.807, 2.05) is 18.2 Å². The molecule has 3 radical (unpaired) electrons. The zero-order chi connectivity index (χ0) is 102. The Morgan fingerprint density at radius 3 is 0.793 bits per heavy atom. The quantitative estimate of drug-likeness (QED) is 0.0508. The Labute approximate surface area is 930 Å².